The number of nitrogens with one attached hydrogen (secondary N) is 1. The zero-order valence-corrected chi connectivity index (χ0v) is 13.9. The van der Waals surface area contributed by atoms with Gasteiger partial charge in [-0.15, -0.1) is 0 Å². The first-order chi connectivity index (χ1) is 9.86. The number of hydrogen-bond acceptors (Lipinski definition) is 4. The number of anilines is 1. The summed E-state index contributed by atoms with van der Waals surface area (Å²) in [5.41, 5.74) is 1.18. The van der Waals surface area contributed by atoms with E-state index in [-0.39, 0.29) is 5.91 Å². The van der Waals surface area contributed by atoms with E-state index >= 15 is 0 Å². The second-order valence-electron chi connectivity index (χ2n) is 4.68. The Labute approximate surface area is 125 Å². The molecule has 1 aromatic carbocycles. The standard InChI is InChI=1S/C13H15N2O3P.C2H6/c1-9-8-12(18-15-9)14-13(16)10-4-6-11(7-5-10)19(2,3)17;1-2/h4-8H,1-3H3,(H,14,16);1-2H3. The van der Waals surface area contributed by atoms with Crippen LogP contribution in [-0.2, 0) is 4.57 Å². The van der Waals surface area contributed by atoms with Crippen molar-refractivity contribution >= 4 is 24.2 Å². The van der Waals surface area contributed by atoms with Gasteiger partial charge in [0.25, 0.3) is 5.91 Å². The fraction of sp³-hybridized carbons (Fsp3) is 0.333. The van der Waals surface area contributed by atoms with Gasteiger partial charge in [-0.3, -0.25) is 10.1 Å². The van der Waals surface area contributed by atoms with E-state index in [1.807, 2.05) is 13.8 Å². The maximum Gasteiger partial charge on any atom is 0.258 e. The van der Waals surface area contributed by atoms with Crippen LogP contribution in [0.1, 0.15) is 29.9 Å². The normalized spacial score (nSPS) is 10.5. The Hall–Kier alpha value is -1.87. The van der Waals surface area contributed by atoms with Crippen molar-refractivity contribution in [1.29, 1.82) is 0 Å². The Balaban J connectivity index is 0.00000106. The quantitative estimate of drug-likeness (QED) is 0.881. The summed E-state index contributed by atoms with van der Waals surface area (Å²) in [6.07, 6.45) is 0. The van der Waals surface area contributed by atoms with Crippen molar-refractivity contribution in [3.63, 3.8) is 0 Å². The lowest BCUT2D eigenvalue weighted by Crippen LogP contribution is -2.12. The van der Waals surface area contributed by atoms with Gasteiger partial charge in [0.2, 0.25) is 5.88 Å². The number of aryl methyl sites for hydroxylation is 1. The predicted octanol–water partition coefficient (Wildman–Crippen LogP) is 3.51. The molecule has 1 aromatic heterocycles. The minimum absolute atomic E-state index is 0.287. The molecule has 0 saturated heterocycles. The van der Waals surface area contributed by atoms with Crippen LogP contribution < -0.4 is 10.6 Å². The molecule has 2 rings (SSSR count). The molecule has 1 amide bonds. The molecule has 0 radical (unpaired) electrons. The highest BCUT2D eigenvalue weighted by atomic mass is 31.2. The zero-order chi connectivity index (χ0) is 16.0. The topological polar surface area (TPSA) is 72.2 Å². The maximum absolute atomic E-state index is 11.9. The molecule has 0 aliphatic rings. The van der Waals surface area contributed by atoms with Crippen molar-refractivity contribution in [3.05, 3.63) is 41.6 Å². The van der Waals surface area contributed by atoms with Gasteiger partial charge in [-0.1, -0.05) is 31.1 Å². The van der Waals surface area contributed by atoms with E-state index in [1.54, 1.807) is 50.6 Å². The van der Waals surface area contributed by atoms with Crippen LogP contribution in [0.3, 0.4) is 0 Å². The number of carbonyl (C=O) groups is 1. The Morgan fingerprint density at radius 3 is 2.19 bits per heavy atom. The van der Waals surface area contributed by atoms with Gasteiger partial charge < -0.3 is 9.09 Å². The molecule has 21 heavy (non-hydrogen) atoms. The first kappa shape index (κ1) is 17.2. The van der Waals surface area contributed by atoms with Crippen molar-refractivity contribution in [2.45, 2.75) is 20.8 Å². The number of amides is 1. The number of nitrogens with zero attached hydrogens (tertiary/aromatic N) is 1. The molecule has 0 bridgehead atoms. The monoisotopic (exact) mass is 308 g/mol. The molecular formula is C15H21N2O3P. The Morgan fingerprint density at radius 2 is 1.76 bits per heavy atom. The van der Waals surface area contributed by atoms with Crippen LogP contribution in [0.5, 0.6) is 0 Å². The molecule has 0 fully saturated rings. The summed E-state index contributed by atoms with van der Waals surface area (Å²) >= 11 is 0. The molecule has 0 spiro atoms. The zero-order valence-electron chi connectivity index (χ0n) is 13.0. The molecule has 0 saturated carbocycles. The first-order valence-corrected chi connectivity index (χ1v) is 9.36. The van der Waals surface area contributed by atoms with Crippen molar-refractivity contribution in [1.82, 2.24) is 5.16 Å². The maximum atomic E-state index is 11.9. The molecule has 0 aliphatic carbocycles. The lowest BCUT2D eigenvalue weighted by molar-refractivity contribution is 0.102. The molecule has 1 heterocycles. The number of aromatic nitrogens is 1. The van der Waals surface area contributed by atoms with Crippen LogP contribution in [0, 0.1) is 6.92 Å². The van der Waals surface area contributed by atoms with Gasteiger partial charge in [0, 0.05) is 16.9 Å². The number of rotatable bonds is 3. The van der Waals surface area contributed by atoms with Crippen LogP contribution in [0.15, 0.2) is 34.9 Å². The van der Waals surface area contributed by atoms with Crippen molar-refractivity contribution in [3.8, 4) is 0 Å². The Kier molecular flexibility index (Phi) is 5.91. The third kappa shape index (κ3) is 4.87. The highest BCUT2D eigenvalue weighted by Crippen LogP contribution is 2.34. The average molecular weight is 308 g/mol. The first-order valence-electron chi connectivity index (χ1n) is 6.76. The van der Waals surface area contributed by atoms with E-state index < -0.39 is 7.14 Å². The van der Waals surface area contributed by atoms with E-state index in [2.05, 4.69) is 10.5 Å². The highest BCUT2D eigenvalue weighted by molar-refractivity contribution is 7.70. The van der Waals surface area contributed by atoms with Crippen LogP contribution in [0.4, 0.5) is 5.88 Å². The molecule has 1 N–H and O–H groups in total. The summed E-state index contributed by atoms with van der Waals surface area (Å²) in [6, 6.07) is 8.35. The van der Waals surface area contributed by atoms with Gasteiger partial charge in [-0.2, -0.15) is 0 Å². The molecule has 6 heteroatoms. The summed E-state index contributed by atoms with van der Waals surface area (Å²) in [6.45, 7) is 9.16. The lowest BCUT2D eigenvalue weighted by atomic mass is 10.2. The fourth-order valence-electron chi connectivity index (χ4n) is 1.58. The number of carbonyl (C=O) groups excluding carboxylic acids is 1. The minimum atomic E-state index is -2.29. The summed E-state index contributed by atoms with van der Waals surface area (Å²) in [5.74, 6) is 0.0213. The largest absolute Gasteiger partial charge is 0.338 e. The Morgan fingerprint density at radius 1 is 1.19 bits per heavy atom. The molecule has 0 unspecified atom stereocenters. The van der Waals surface area contributed by atoms with Gasteiger partial charge in [-0.25, -0.2) is 0 Å². The third-order valence-corrected chi connectivity index (χ3v) is 4.16. The SMILES string of the molecule is CC.Cc1cc(NC(=O)c2ccc(P(C)(C)=O)cc2)on1. The second kappa shape index (κ2) is 7.23. The van der Waals surface area contributed by atoms with Gasteiger partial charge in [0.1, 0.15) is 7.14 Å². The van der Waals surface area contributed by atoms with Gasteiger partial charge in [-0.05, 0) is 32.4 Å². The van der Waals surface area contributed by atoms with Crippen molar-refractivity contribution in [2.24, 2.45) is 0 Å². The predicted molar refractivity (Wildman–Crippen MR) is 86.1 cm³/mol. The van der Waals surface area contributed by atoms with Gasteiger partial charge in [0.15, 0.2) is 0 Å². The van der Waals surface area contributed by atoms with Crippen molar-refractivity contribution in [2.75, 3.05) is 18.6 Å². The molecule has 0 atom stereocenters. The Bertz CT molecular complexity index is 641. The molecule has 5 nitrogen and oxygen atoms in total. The van der Waals surface area contributed by atoms with E-state index in [4.69, 9.17) is 4.52 Å². The summed E-state index contributed by atoms with van der Waals surface area (Å²) in [5, 5.41) is 7.03. The number of hydrogen-bond donors (Lipinski definition) is 1. The van der Waals surface area contributed by atoms with E-state index in [0.717, 1.165) is 5.30 Å². The summed E-state index contributed by atoms with van der Waals surface area (Å²) in [4.78, 5) is 11.9. The van der Waals surface area contributed by atoms with Crippen LogP contribution in [0.2, 0.25) is 0 Å². The molecule has 114 valence electrons. The fourth-order valence-corrected chi connectivity index (χ4v) is 2.45. The van der Waals surface area contributed by atoms with Gasteiger partial charge >= 0.3 is 0 Å². The molecular weight excluding hydrogens is 287 g/mol. The smallest absolute Gasteiger partial charge is 0.258 e. The average Bonchev–Trinajstić information content (AvgIpc) is 2.85. The van der Waals surface area contributed by atoms with E-state index in [0.29, 0.717) is 17.1 Å². The highest BCUT2D eigenvalue weighted by Gasteiger charge is 2.13. The summed E-state index contributed by atoms with van der Waals surface area (Å²) in [7, 11) is -2.29. The second-order valence-corrected chi connectivity index (χ2v) is 7.90. The lowest BCUT2D eigenvalue weighted by Gasteiger charge is -2.07. The molecule has 2 aromatic rings. The van der Waals surface area contributed by atoms with E-state index in [1.165, 1.54) is 0 Å². The summed E-state index contributed by atoms with van der Waals surface area (Å²) < 4.78 is 16.8. The van der Waals surface area contributed by atoms with Crippen molar-refractivity contribution < 1.29 is 13.9 Å². The van der Waals surface area contributed by atoms with Crippen LogP contribution in [0.25, 0.3) is 0 Å². The minimum Gasteiger partial charge on any atom is -0.338 e. The van der Waals surface area contributed by atoms with Gasteiger partial charge in [0.05, 0.1) is 5.69 Å². The van der Waals surface area contributed by atoms with Crippen LogP contribution in [-0.4, -0.2) is 24.4 Å². The molecule has 0 aliphatic heterocycles. The number of benzene rings is 1. The van der Waals surface area contributed by atoms with Crippen LogP contribution >= 0.6 is 7.14 Å². The third-order valence-electron chi connectivity index (χ3n) is 2.62. The van der Waals surface area contributed by atoms with E-state index in [9.17, 15) is 9.36 Å².